The molecule has 1 aliphatic heterocycles. The zero-order valence-electron chi connectivity index (χ0n) is 12.9. The molecule has 1 heterocycles. The maximum atomic E-state index is 12.2. The van der Waals surface area contributed by atoms with E-state index in [0.29, 0.717) is 33.7 Å². The average molecular weight is 351 g/mol. The first-order chi connectivity index (χ1) is 11.1. The van der Waals surface area contributed by atoms with E-state index in [-0.39, 0.29) is 12.5 Å². The Bertz CT molecular complexity index is 657. The van der Waals surface area contributed by atoms with Crippen molar-refractivity contribution >= 4 is 46.3 Å². The summed E-state index contributed by atoms with van der Waals surface area (Å²) in [5.74, 6) is -0.0235. The van der Waals surface area contributed by atoms with Crippen LogP contribution in [0.5, 0.6) is 5.75 Å². The summed E-state index contributed by atoms with van der Waals surface area (Å²) in [6, 6.07) is 7.20. The molecule has 0 unspecified atom stereocenters. The molecule has 5 nitrogen and oxygen atoms in total. The number of amides is 1. The summed E-state index contributed by atoms with van der Waals surface area (Å²) >= 11 is 6.46. The predicted molar refractivity (Wildman–Crippen MR) is 94.1 cm³/mol. The van der Waals surface area contributed by atoms with E-state index in [9.17, 15) is 9.59 Å². The van der Waals surface area contributed by atoms with E-state index >= 15 is 0 Å². The number of para-hydroxylation sites is 1. The third-order valence-corrected chi connectivity index (χ3v) is 4.42. The van der Waals surface area contributed by atoms with Gasteiger partial charge in [-0.1, -0.05) is 42.2 Å². The van der Waals surface area contributed by atoms with E-state index in [2.05, 4.69) is 0 Å². The molecule has 1 aromatic carbocycles. The van der Waals surface area contributed by atoms with Crippen LogP contribution in [-0.2, 0) is 14.3 Å². The van der Waals surface area contributed by atoms with Gasteiger partial charge in [0.05, 0.1) is 11.5 Å². The Hall–Kier alpha value is -1.86. The highest BCUT2D eigenvalue weighted by Crippen LogP contribution is 2.33. The maximum absolute atomic E-state index is 12.2. The first-order valence-corrected chi connectivity index (χ1v) is 8.42. The minimum atomic E-state index is -0.431. The monoisotopic (exact) mass is 351 g/mol. The topological polar surface area (TPSA) is 55.8 Å². The van der Waals surface area contributed by atoms with Crippen LogP contribution in [0.15, 0.2) is 29.2 Å². The molecular formula is C16H17NO4S2. The maximum Gasteiger partial charge on any atom is 0.344 e. The summed E-state index contributed by atoms with van der Waals surface area (Å²) in [7, 11) is 0. The highest BCUT2D eigenvalue weighted by Gasteiger charge is 2.30. The summed E-state index contributed by atoms with van der Waals surface area (Å²) in [5, 5.41) is 0. The lowest BCUT2D eigenvalue weighted by Crippen LogP contribution is -2.27. The molecule has 1 fully saturated rings. The van der Waals surface area contributed by atoms with Crippen molar-refractivity contribution in [3.05, 3.63) is 34.7 Å². The SMILES string of the molecule is CCOC(=O)COc1ccccc1/C=C1\SC(=S)N(CC)C1=O. The lowest BCUT2D eigenvalue weighted by Gasteiger charge is -2.10. The van der Waals surface area contributed by atoms with Crippen molar-refractivity contribution in [1.82, 2.24) is 4.90 Å². The highest BCUT2D eigenvalue weighted by atomic mass is 32.2. The Labute approximate surface area is 144 Å². The standard InChI is InChI=1S/C16H17NO4S2/c1-3-17-15(19)13(23-16(17)22)9-11-7-5-6-8-12(11)21-10-14(18)20-4-2/h5-9H,3-4,10H2,1-2H3/b13-9-. The van der Waals surface area contributed by atoms with Crippen LogP contribution in [0.25, 0.3) is 6.08 Å². The normalized spacial score (nSPS) is 16.1. The van der Waals surface area contributed by atoms with Gasteiger partial charge in [0.15, 0.2) is 6.61 Å². The van der Waals surface area contributed by atoms with Crippen LogP contribution in [-0.4, -0.2) is 40.9 Å². The van der Waals surface area contributed by atoms with Gasteiger partial charge in [-0.3, -0.25) is 9.69 Å². The van der Waals surface area contributed by atoms with Gasteiger partial charge in [0.2, 0.25) is 0 Å². The van der Waals surface area contributed by atoms with E-state index in [4.69, 9.17) is 21.7 Å². The predicted octanol–water partition coefficient (Wildman–Crippen LogP) is 2.85. The molecule has 0 atom stereocenters. The largest absolute Gasteiger partial charge is 0.481 e. The Morgan fingerprint density at radius 3 is 2.74 bits per heavy atom. The third-order valence-electron chi connectivity index (χ3n) is 3.05. The highest BCUT2D eigenvalue weighted by molar-refractivity contribution is 8.26. The molecule has 7 heteroatoms. The van der Waals surface area contributed by atoms with Gasteiger partial charge in [-0.15, -0.1) is 0 Å². The first-order valence-electron chi connectivity index (χ1n) is 7.19. The smallest absolute Gasteiger partial charge is 0.344 e. The number of carbonyl (C=O) groups is 2. The van der Waals surface area contributed by atoms with E-state index in [1.54, 1.807) is 30.0 Å². The number of ether oxygens (including phenoxy) is 2. The summed E-state index contributed by atoms with van der Waals surface area (Å²) in [6.45, 7) is 4.30. The lowest BCUT2D eigenvalue weighted by atomic mass is 10.2. The van der Waals surface area contributed by atoms with Gasteiger partial charge in [-0.05, 0) is 26.0 Å². The van der Waals surface area contributed by atoms with Gasteiger partial charge < -0.3 is 9.47 Å². The van der Waals surface area contributed by atoms with E-state index in [1.165, 1.54) is 11.8 Å². The second-order valence-electron chi connectivity index (χ2n) is 4.56. The molecule has 0 radical (unpaired) electrons. The molecular weight excluding hydrogens is 334 g/mol. The van der Waals surface area contributed by atoms with Gasteiger partial charge in [0, 0.05) is 12.1 Å². The summed E-state index contributed by atoms with van der Waals surface area (Å²) in [5.41, 5.74) is 0.716. The number of carbonyl (C=O) groups excluding carboxylic acids is 2. The molecule has 0 bridgehead atoms. The Balaban J connectivity index is 2.18. The number of thiocarbonyl (C=S) groups is 1. The molecule has 2 rings (SSSR count). The number of rotatable bonds is 6. The van der Waals surface area contributed by atoms with E-state index in [0.717, 1.165) is 0 Å². The van der Waals surface area contributed by atoms with E-state index < -0.39 is 5.97 Å². The minimum absolute atomic E-state index is 0.109. The number of esters is 1. The van der Waals surface area contributed by atoms with Crippen molar-refractivity contribution in [2.24, 2.45) is 0 Å². The van der Waals surface area contributed by atoms with Crippen LogP contribution in [0.3, 0.4) is 0 Å². The molecule has 1 aliphatic rings. The molecule has 0 N–H and O–H groups in total. The van der Waals surface area contributed by atoms with Crippen molar-refractivity contribution in [2.45, 2.75) is 13.8 Å². The minimum Gasteiger partial charge on any atom is -0.481 e. The Morgan fingerprint density at radius 2 is 2.09 bits per heavy atom. The molecule has 1 aromatic rings. The zero-order valence-corrected chi connectivity index (χ0v) is 14.5. The van der Waals surface area contributed by atoms with Crippen LogP contribution in [0.4, 0.5) is 0 Å². The fraction of sp³-hybridized carbons (Fsp3) is 0.312. The van der Waals surface area contributed by atoms with Gasteiger partial charge in [-0.25, -0.2) is 4.79 Å². The van der Waals surface area contributed by atoms with Crippen LogP contribution >= 0.6 is 24.0 Å². The number of hydrogen-bond donors (Lipinski definition) is 0. The summed E-state index contributed by atoms with van der Waals surface area (Å²) in [6.07, 6.45) is 1.73. The molecule has 122 valence electrons. The molecule has 1 amide bonds. The fourth-order valence-electron chi connectivity index (χ4n) is 1.98. The van der Waals surface area contributed by atoms with Gasteiger partial charge in [0.1, 0.15) is 10.1 Å². The average Bonchev–Trinajstić information content (AvgIpc) is 2.80. The zero-order chi connectivity index (χ0) is 16.8. The number of hydrogen-bond acceptors (Lipinski definition) is 6. The van der Waals surface area contributed by atoms with Crippen molar-refractivity contribution in [3.63, 3.8) is 0 Å². The lowest BCUT2D eigenvalue weighted by molar-refractivity contribution is -0.145. The van der Waals surface area contributed by atoms with Gasteiger partial charge in [-0.2, -0.15) is 0 Å². The van der Waals surface area contributed by atoms with Gasteiger partial charge in [0.25, 0.3) is 5.91 Å². The van der Waals surface area contributed by atoms with Crippen molar-refractivity contribution in [3.8, 4) is 5.75 Å². The first kappa shape index (κ1) is 17.5. The quantitative estimate of drug-likeness (QED) is 0.446. The molecule has 0 saturated carbocycles. The third kappa shape index (κ3) is 4.33. The Morgan fingerprint density at radius 1 is 1.35 bits per heavy atom. The van der Waals surface area contributed by atoms with Crippen LogP contribution in [0, 0.1) is 0 Å². The second kappa shape index (κ2) is 8.12. The number of thioether (sulfide) groups is 1. The van der Waals surface area contributed by atoms with Crippen LogP contribution in [0.1, 0.15) is 19.4 Å². The van der Waals surface area contributed by atoms with Gasteiger partial charge >= 0.3 is 5.97 Å². The number of benzene rings is 1. The molecule has 0 aliphatic carbocycles. The molecule has 23 heavy (non-hydrogen) atoms. The summed E-state index contributed by atoms with van der Waals surface area (Å²) in [4.78, 5) is 25.7. The van der Waals surface area contributed by atoms with Crippen LogP contribution in [0.2, 0.25) is 0 Å². The summed E-state index contributed by atoms with van der Waals surface area (Å²) < 4.78 is 10.9. The molecule has 0 spiro atoms. The van der Waals surface area contributed by atoms with Crippen molar-refractivity contribution < 1.29 is 19.1 Å². The van der Waals surface area contributed by atoms with Crippen LogP contribution < -0.4 is 4.74 Å². The number of likely N-dealkylation sites (N-methyl/N-ethyl adjacent to an activating group) is 1. The second-order valence-corrected chi connectivity index (χ2v) is 6.23. The van der Waals surface area contributed by atoms with Crippen molar-refractivity contribution in [1.29, 1.82) is 0 Å². The number of nitrogens with zero attached hydrogens (tertiary/aromatic N) is 1. The molecule has 0 aromatic heterocycles. The fourth-order valence-corrected chi connectivity index (χ4v) is 3.36. The molecule has 1 saturated heterocycles. The van der Waals surface area contributed by atoms with Crippen molar-refractivity contribution in [2.75, 3.05) is 19.8 Å². The Kier molecular flexibility index (Phi) is 6.18. The van der Waals surface area contributed by atoms with E-state index in [1.807, 2.05) is 19.1 Å².